The fraction of sp³-hybridized carbons (Fsp3) is 0.500. The van der Waals surface area contributed by atoms with E-state index in [1.807, 2.05) is 36.4 Å². The second kappa shape index (κ2) is 10.3. The fourth-order valence-corrected chi connectivity index (χ4v) is 5.42. The van der Waals surface area contributed by atoms with Crippen molar-refractivity contribution in [3.05, 3.63) is 54.1 Å². The second-order valence-corrected chi connectivity index (χ2v) is 9.65. The lowest BCUT2D eigenvalue weighted by Crippen LogP contribution is -2.29. The Bertz CT molecular complexity index is 899. The molecule has 2 fully saturated rings. The predicted molar refractivity (Wildman–Crippen MR) is 125 cm³/mol. The molecule has 0 aliphatic heterocycles. The van der Waals surface area contributed by atoms with E-state index in [9.17, 15) is 9.59 Å². The molecule has 0 heterocycles. The third kappa shape index (κ3) is 5.40. The Kier molecular flexibility index (Phi) is 7.29. The van der Waals surface area contributed by atoms with Crippen molar-refractivity contribution in [2.24, 2.45) is 23.7 Å². The van der Waals surface area contributed by atoms with Gasteiger partial charge in [0.15, 0.2) is 0 Å². The number of benzene rings is 2. The van der Waals surface area contributed by atoms with Gasteiger partial charge in [-0.15, -0.1) is 0 Å². The Morgan fingerprint density at radius 2 is 1.22 bits per heavy atom. The molecule has 0 N–H and O–H groups in total. The highest BCUT2D eigenvalue weighted by molar-refractivity contribution is 5.90. The molecule has 4 heteroatoms. The zero-order valence-corrected chi connectivity index (χ0v) is 19.2. The fourth-order valence-electron chi connectivity index (χ4n) is 5.42. The molecule has 0 spiro atoms. The van der Waals surface area contributed by atoms with E-state index in [1.165, 1.54) is 45.6 Å². The standard InChI is InChI=1S/C28H34O4/c1-19-3-5-20(6-4-19)21-9-13-25(14-10-21)28(30)32-26-17-15-23(16-18-26)22-7-11-24(12-8-22)27(29)31-2/h7-8,11-12,15-21,25H,3-6,9-10,13-14H2,1-2H3. The summed E-state index contributed by atoms with van der Waals surface area (Å²) in [6.45, 7) is 2.37. The Hall–Kier alpha value is -2.62. The summed E-state index contributed by atoms with van der Waals surface area (Å²) in [4.78, 5) is 24.3. The maximum atomic E-state index is 12.7. The van der Waals surface area contributed by atoms with Crippen LogP contribution in [0.25, 0.3) is 11.1 Å². The van der Waals surface area contributed by atoms with Gasteiger partial charge in [0.1, 0.15) is 5.75 Å². The van der Waals surface area contributed by atoms with Crippen LogP contribution >= 0.6 is 0 Å². The van der Waals surface area contributed by atoms with Crippen LogP contribution in [0.15, 0.2) is 48.5 Å². The first-order valence-corrected chi connectivity index (χ1v) is 12.0. The molecular formula is C28H34O4. The highest BCUT2D eigenvalue weighted by Crippen LogP contribution is 2.41. The van der Waals surface area contributed by atoms with Crippen molar-refractivity contribution >= 4 is 11.9 Å². The first-order valence-electron chi connectivity index (χ1n) is 12.0. The summed E-state index contributed by atoms with van der Waals surface area (Å²) < 4.78 is 10.4. The van der Waals surface area contributed by atoms with Crippen molar-refractivity contribution in [1.82, 2.24) is 0 Å². The predicted octanol–water partition coefficient (Wildman–Crippen LogP) is 6.68. The number of rotatable bonds is 5. The van der Waals surface area contributed by atoms with Gasteiger partial charge >= 0.3 is 11.9 Å². The van der Waals surface area contributed by atoms with Gasteiger partial charge in [0.25, 0.3) is 0 Å². The molecule has 2 aliphatic carbocycles. The molecule has 32 heavy (non-hydrogen) atoms. The molecule has 0 unspecified atom stereocenters. The van der Waals surface area contributed by atoms with E-state index in [0.29, 0.717) is 11.3 Å². The Morgan fingerprint density at radius 1 is 0.719 bits per heavy atom. The highest BCUT2D eigenvalue weighted by Gasteiger charge is 2.33. The molecule has 0 aromatic heterocycles. The summed E-state index contributed by atoms with van der Waals surface area (Å²) in [6, 6.07) is 14.8. The minimum absolute atomic E-state index is 0.0271. The zero-order chi connectivity index (χ0) is 22.5. The molecule has 170 valence electrons. The molecular weight excluding hydrogens is 400 g/mol. The topological polar surface area (TPSA) is 52.6 Å². The second-order valence-electron chi connectivity index (χ2n) is 9.65. The van der Waals surface area contributed by atoms with Gasteiger partial charge in [-0.2, -0.15) is 0 Å². The number of carbonyl (C=O) groups is 2. The molecule has 0 amide bonds. The van der Waals surface area contributed by atoms with E-state index in [1.54, 1.807) is 12.1 Å². The Labute approximate surface area is 191 Å². The summed E-state index contributed by atoms with van der Waals surface area (Å²) in [6.07, 6.45) is 9.74. The summed E-state index contributed by atoms with van der Waals surface area (Å²) >= 11 is 0. The minimum Gasteiger partial charge on any atom is -0.465 e. The zero-order valence-electron chi connectivity index (χ0n) is 19.2. The number of carbonyl (C=O) groups excluding carboxylic acids is 2. The third-order valence-corrected chi connectivity index (χ3v) is 7.54. The minimum atomic E-state index is -0.346. The van der Waals surface area contributed by atoms with Gasteiger partial charge in [0.2, 0.25) is 0 Å². The third-order valence-electron chi connectivity index (χ3n) is 7.54. The normalized spacial score (nSPS) is 25.7. The first kappa shape index (κ1) is 22.6. The molecule has 0 atom stereocenters. The molecule has 2 aromatic rings. The lowest BCUT2D eigenvalue weighted by Gasteiger charge is -2.36. The van der Waals surface area contributed by atoms with E-state index in [4.69, 9.17) is 9.47 Å². The molecule has 2 aliphatic rings. The number of ether oxygens (including phenoxy) is 2. The summed E-state index contributed by atoms with van der Waals surface area (Å²) in [7, 11) is 1.37. The van der Waals surface area contributed by atoms with Gasteiger partial charge in [0.05, 0.1) is 18.6 Å². The van der Waals surface area contributed by atoms with E-state index in [0.717, 1.165) is 41.7 Å². The average molecular weight is 435 g/mol. The molecule has 0 radical (unpaired) electrons. The largest absolute Gasteiger partial charge is 0.465 e. The van der Waals surface area contributed by atoms with Crippen LogP contribution in [0.3, 0.4) is 0 Å². The van der Waals surface area contributed by atoms with Crippen LogP contribution in [0.5, 0.6) is 5.75 Å². The first-order chi connectivity index (χ1) is 15.5. The van der Waals surface area contributed by atoms with Gasteiger partial charge in [-0.1, -0.05) is 44.0 Å². The summed E-state index contributed by atoms with van der Waals surface area (Å²) in [5.41, 5.74) is 2.52. The average Bonchev–Trinajstić information content (AvgIpc) is 2.85. The number of hydrogen-bond acceptors (Lipinski definition) is 4. The molecule has 2 saturated carbocycles. The van der Waals surface area contributed by atoms with E-state index >= 15 is 0 Å². The van der Waals surface area contributed by atoms with Gasteiger partial charge in [-0.3, -0.25) is 4.79 Å². The molecule has 2 aromatic carbocycles. The molecule has 4 rings (SSSR count). The van der Waals surface area contributed by atoms with Crippen LogP contribution in [0.4, 0.5) is 0 Å². The quantitative estimate of drug-likeness (QED) is 0.389. The van der Waals surface area contributed by atoms with Crippen LogP contribution in [-0.4, -0.2) is 19.0 Å². The van der Waals surface area contributed by atoms with Crippen LogP contribution in [0, 0.1) is 23.7 Å². The highest BCUT2D eigenvalue weighted by atomic mass is 16.5. The van der Waals surface area contributed by atoms with Crippen molar-refractivity contribution in [3.63, 3.8) is 0 Å². The maximum absolute atomic E-state index is 12.7. The number of esters is 2. The maximum Gasteiger partial charge on any atom is 0.337 e. The molecule has 0 saturated heterocycles. The Morgan fingerprint density at radius 3 is 1.75 bits per heavy atom. The van der Waals surface area contributed by atoms with Crippen molar-refractivity contribution in [2.45, 2.75) is 58.3 Å². The SMILES string of the molecule is COC(=O)c1ccc(-c2ccc(OC(=O)C3CCC(C4CCC(C)CC4)CC3)cc2)cc1. The monoisotopic (exact) mass is 434 g/mol. The van der Waals surface area contributed by atoms with Gasteiger partial charge < -0.3 is 9.47 Å². The molecule has 0 bridgehead atoms. The molecule has 4 nitrogen and oxygen atoms in total. The van der Waals surface area contributed by atoms with Crippen molar-refractivity contribution in [2.75, 3.05) is 7.11 Å². The summed E-state index contributed by atoms with van der Waals surface area (Å²) in [5.74, 6) is 2.75. The smallest absolute Gasteiger partial charge is 0.337 e. The number of hydrogen-bond donors (Lipinski definition) is 0. The number of methoxy groups -OCH3 is 1. The van der Waals surface area contributed by atoms with Crippen LogP contribution in [0.2, 0.25) is 0 Å². The van der Waals surface area contributed by atoms with E-state index in [2.05, 4.69) is 6.92 Å². The van der Waals surface area contributed by atoms with Crippen molar-refractivity contribution in [1.29, 1.82) is 0 Å². The van der Waals surface area contributed by atoms with Crippen LogP contribution < -0.4 is 4.74 Å². The lowest BCUT2D eigenvalue weighted by atomic mass is 9.69. The Balaban J connectivity index is 1.28. The van der Waals surface area contributed by atoms with Gasteiger partial charge in [-0.25, -0.2) is 4.79 Å². The van der Waals surface area contributed by atoms with Crippen molar-refractivity contribution in [3.8, 4) is 16.9 Å². The van der Waals surface area contributed by atoms with Crippen LogP contribution in [-0.2, 0) is 9.53 Å². The van der Waals surface area contributed by atoms with Crippen LogP contribution in [0.1, 0.15) is 68.6 Å². The lowest BCUT2D eigenvalue weighted by molar-refractivity contribution is -0.140. The summed E-state index contributed by atoms with van der Waals surface area (Å²) in [5, 5.41) is 0. The van der Waals surface area contributed by atoms with Gasteiger partial charge in [0, 0.05) is 0 Å². The van der Waals surface area contributed by atoms with E-state index < -0.39 is 0 Å². The van der Waals surface area contributed by atoms with Gasteiger partial charge in [-0.05, 0) is 91.7 Å². The van der Waals surface area contributed by atoms with E-state index in [-0.39, 0.29) is 17.9 Å². The van der Waals surface area contributed by atoms with Crippen molar-refractivity contribution < 1.29 is 19.1 Å².